The number of allylic oxidation sites excluding steroid dienone is 2. The van der Waals surface area contributed by atoms with Gasteiger partial charge in [-0.2, -0.15) is 0 Å². The maximum absolute atomic E-state index is 12.1. The zero-order valence-corrected chi connectivity index (χ0v) is 12.1. The van der Waals surface area contributed by atoms with E-state index in [0.717, 1.165) is 29.3 Å². The van der Waals surface area contributed by atoms with Gasteiger partial charge in [-0.3, -0.25) is 4.79 Å². The van der Waals surface area contributed by atoms with Gasteiger partial charge in [0.1, 0.15) is 0 Å². The summed E-state index contributed by atoms with van der Waals surface area (Å²) >= 11 is 3.52. The molecule has 0 bridgehead atoms. The third kappa shape index (κ3) is 3.22. The quantitative estimate of drug-likeness (QED) is 0.841. The molecule has 0 heterocycles. The van der Waals surface area contributed by atoms with Crippen molar-refractivity contribution in [2.45, 2.75) is 32.2 Å². The molecule has 0 aliphatic heterocycles. The summed E-state index contributed by atoms with van der Waals surface area (Å²) in [4.78, 5) is 12.1. The van der Waals surface area contributed by atoms with Crippen LogP contribution in [0.25, 0.3) is 0 Å². The Morgan fingerprint density at radius 3 is 2.83 bits per heavy atom. The summed E-state index contributed by atoms with van der Waals surface area (Å²) in [6.07, 6.45) is 7.11. The van der Waals surface area contributed by atoms with E-state index >= 15 is 0 Å². The Balaban J connectivity index is 1.99. The zero-order chi connectivity index (χ0) is 13.0. The SMILES string of the molecule is CC(NC(=O)C1CC=CCC1)c1ccccc1Br. The van der Waals surface area contributed by atoms with Crippen molar-refractivity contribution in [3.8, 4) is 0 Å². The maximum atomic E-state index is 12.1. The second-order valence-corrected chi connectivity index (χ2v) is 5.59. The molecule has 2 unspecified atom stereocenters. The Labute approximate surface area is 117 Å². The van der Waals surface area contributed by atoms with Crippen LogP contribution in [0.5, 0.6) is 0 Å². The lowest BCUT2D eigenvalue weighted by molar-refractivity contribution is -0.125. The summed E-state index contributed by atoms with van der Waals surface area (Å²) in [6, 6.07) is 8.05. The van der Waals surface area contributed by atoms with Gasteiger partial charge in [0.05, 0.1) is 6.04 Å². The summed E-state index contributed by atoms with van der Waals surface area (Å²) in [7, 11) is 0. The predicted octanol–water partition coefficient (Wildman–Crippen LogP) is 3.98. The average molecular weight is 308 g/mol. The van der Waals surface area contributed by atoms with Crippen molar-refractivity contribution < 1.29 is 4.79 Å². The van der Waals surface area contributed by atoms with Gasteiger partial charge in [0.2, 0.25) is 5.91 Å². The van der Waals surface area contributed by atoms with Crippen LogP contribution in [-0.2, 0) is 4.79 Å². The second-order valence-electron chi connectivity index (χ2n) is 4.73. The third-order valence-electron chi connectivity index (χ3n) is 3.37. The molecule has 0 saturated carbocycles. The monoisotopic (exact) mass is 307 g/mol. The molecular formula is C15H18BrNO. The highest BCUT2D eigenvalue weighted by Gasteiger charge is 2.21. The van der Waals surface area contributed by atoms with Crippen LogP contribution in [0.1, 0.15) is 37.8 Å². The van der Waals surface area contributed by atoms with E-state index in [2.05, 4.69) is 33.4 Å². The van der Waals surface area contributed by atoms with E-state index in [1.807, 2.05) is 31.2 Å². The van der Waals surface area contributed by atoms with Crippen molar-refractivity contribution in [1.29, 1.82) is 0 Å². The Morgan fingerprint density at radius 2 is 2.17 bits per heavy atom. The third-order valence-corrected chi connectivity index (χ3v) is 4.09. The number of carbonyl (C=O) groups is 1. The first-order valence-electron chi connectivity index (χ1n) is 6.38. The highest BCUT2D eigenvalue weighted by molar-refractivity contribution is 9.10. The van der Waals surface area contributed by atoms with Crippen LogP contribution in [0.15, 0.2) is 40.9 Å². The van der Waals surface area contributed by atoms with Gasteiger partial charge in [0.15, 0.2) is 0 Å². The molecule has 1 aromatic rings. The zero-order valence-electron chi connectivity index (χ0n) is 10.5. The first-order valence-corrected chi connectivity index (χ1v) is 7.17. The molecule has 2 atom stereocenters. The van der Waals surface area contributed by atoms with Gasteiger partial charge >= 0.3 is 0 Å². The van der Waals surface area contributed by atoms with Gasteiger partial charge in [0.25, 0.3) is 0 Å². The van der Waals surface area contributed by atoms with E-state index in [4.69, 9.17) is 0 Å². The lowest BCUT2D eigenvalue weighted by Gasteiger charge is -2.21. The van der Waals surface area contributed by atoms with Crippen LogP contribution in [0.2, 0.25) is 0 Å². The number of rotatable bonds is 3. The van der Waals surface area contributed by atoms with Crippen molar-refractivity contribution in [2.24, 2.45) is 5.92 Å². The fourth-order valence-electron chi connectivity index (χ4n) is 2.27. The molecule has 3 heteroatoms. The minimum atomic E-state index is 0.0407. The van der Waals surface area contributed by atoms with Gasteiger partial charge in [-0.05, 0) is 37.8 Å². The molecule has 0 spiro atoms. The van der Waals surface area contributed by atoms with E-state index in [1.54, 1.807) is 0 Å². The van der Waals surface area contributed by atoms with Crippen molar-refractivity contribution in [3.05, 3.63) is 46.5 Å². The van der Waals surface area contributed by atoms with Crippen LogP contribution in [-0.4, -0.2) is 5.91 Å². The molecule has 1 N–H and O–H groups in total. The molecule has 2 rings (SSSR count). The lowest BCUT2D eigenvalue weighted by atomic mass is 9.93. The first kappa shape index (κ1) is 13.3. The van der Waals surface area contributed by atoms with Crippen molar-refractivity contribution in [2.75, 3.05) is 0 Å². The summed E-state index contributed by atoms with van der Waals surface area (Å²) in [6.45, 7) is 2.02. The smallest absolute Gasteiger partial charge is 0.223 e. The summed E-state index contributed by atoms with van der Waals surface area (Å²) in [5.41, 5.74) is 1.12. The Bertz CT molecular complexity index is 456. The number of carbonyl (C=O) groups excluding carboxylic acids is 1. The highest BCUT2D eigenvalue weighted by atomic mass is 79.9. The number of halogens is 1. The molecule has 0 aromatic heterocycles. The maximum Gasteiger partial charge on any atom is 0.223 e. The van der Waals surface area contributed by atoms with E-state index in [9.17, 15) is 4.79 Å². The van der Waals surface area contributed by atoms with Crippen molar-refractivity contribution >= 4 is 21.8 Å². The van der Waals surface area contributed by atoms with Gasteiger partial charge in [0, 0.05) is 10.4 Å². The summed E-state index contributed by atoms with van der Waals surface area (Å²) < 4.78 is 1.04. The minimum absolute atomic E-state index is 0.0407. The largest absolute Gasteiger partial charge is 0.349 e. The number of amides is 1. The second kappa shape index (κ2) is 6.19. The summed E-state index contributed by atoms with van der Waals surface area (Å²) in [5.74, 6) is 0.308. The molecule has 96 valence electrons. The minimum Gasteiger partial charge on any atom is -0.349 e. The van der Waals surface area contributed by atoms with Crippen molar-refractivity contribution in [1.82, 2.24) is 5.32 Å². The first-order chi connectivity index (χ1) is 8.68. The fraction of sp³-hybridized carbons (Fsp3) is 0.400. The van der Waals surface area contributed by atoms with Gasteiger partial charge in [-0.1, -0.05) is 46.3 Å². The fourth-order valence-corrected chi connectivity index (χ4v) is 2.90. The van der Waals surface area contributed by atoms with Crippen LogP contribution < -0.4 is 5.32 Å². The molecule has 0 saturated heterocycles. The number of nitrogens with one attached hydrogen (secondary N) is 1. The van der Waals surface area contributed by atoms with Crippen LogP contribution in [0, 0.1) is 5.92 Å². The average Bonchev–Trinajstić information content (AvgIpc) is 2.40. The Morgan fingerprint density at radius 1 is 1.39 bits per heavy atom. The molecule has 18 heavy (non-hydrogen) atoms. The Kier molecular flexibility index (Phi) is 4.59. The molecular weight excluding hydrogens is 290 g/mol. The molecule has 0 fully saturated rings. The summed E-state index contributed by atoms with van der Waals surface area (Å²) in [5, 5.41) is 3.10. The van der Waals surface area contributed by atoms with Crippen molar-refractivity contribution in [3.63, 3.8) is 0 Å². The highest BCUT2D eigenvalue weighted by Crippen LogP contribution is 2.24. The standard InChI is InChI=1S/C15H18BrNO/c1-11(13-9-5-6-10-14(13)16)17-15(18)12-7-3-2-4-8-12/h2-3,5-6,9-12H,4,7-8H2,1H3,(H,17,18). The number of hydrogen-bond donors (Lipinski definition) is 1. The molecule has 1 aliphatic rings. The normalized spacial score (nSPS) is 20.4. The van der Waals surface area contributed by atoms with Crippen LogP contribution >= 0.6 is 15.9 Å². The predicted molar refractivity (Wildman–Crippen MR) is 77.2 cm³/mol. The molecule has 1 amide bonds. The molecule has 0 radical (unpaired) electrons. The van der Waals surface area contributed by atoms with Crippen LogP contribution in [0.3, 0.4) is 0 Å². The van der Waals surface area contributed by atoms with E-state index < -0.39 is 0 Å². The van der Waals surface area contributed by atoms with Gasteiger partial charge in [-0.15, -0.1) is 0 Å². The molecule has 1 aliphatic carbocycles. The van der Waals surface area contributed by atoms with Gasteiger partial charge in [-0.25, -0.2) is 0 Å². The topological polar surface area (TPSA) is 29.1 Å². The lowest BCUT2D eigenvalue weighted by Crippen LogP contribution is -2.33. The van der Waals surface area contributed by atoms with Crippen LogP contribution in [0.4, 0.5) is 0 Å². The van der Waals surface area contributed by atoms with Gasteiger partial charge < -0.3 is 5.32 Å². The van der Waals surface area contributed by atoms with E-state index in [-0.39, 0.29) is 17.9 Å². The number of benzene rings is 1. The molecule has 2 nitrogen and oxygen atoms in total. The Hall–Kier alpha value is -1.09. The molecule has 1 aromatic carbocycles. The van der Waals surface area contributed by atoms with E-state index in [0.29, 0.717) is 0 Å². The van der Waals surface area contributed by atoms with E-state index in [1.165, 1.54) is 0 Å². The number of hydrogen-bond acceptors (Lipinski definition) is 1.